The molecular formula is C13H15N5O2. The number of fused-ring (bicyclic) bond motifs is 1. The van der Waals surface area contributed by atoms with Crippen LogP contribution < -0.4 is 5.32 Å². The van der Waals surface area contributed by atoms with E-state index in [9.17, 15) is 9.59 Å². The molecule has 2 aromatic heterocycles. The van der Waals surface area contributed by atoms with E-state index in [0.29, 0.717) is 17.1 Å². The number of hydrogen-bond donors (Lipinski definition) is 2. The normalized spacial score (nSPS) is 14.3. The maximum Gasteiger partial charge on any atom is 0.323 e. The smallest absolute Gasteiger partial charge is 0.323 e. The second kappa shape index (κ2) is 4.59. The minimum absolute atomic E-state index is 0.381. The predicted molar refractivity (Wildman–Crippen MR) is 72.4 cm³/mol. The predicted octanol–water partition coefficient (Wildman–Crippen LogP) is 1.25. The van der Waals surface area contributed by atoms with Crippen LogP contribution in [0, 0.1) is 0 Å². The van der Waals surface area contributed by atoms with Gasteiger partial charge in [-0.25, -0.2) is 9.78 Å². The van der Waals surface area contributed by atoms with Crippen LogP contribution in [0.5, 0.6) is 0 Å². The molecule has 1 aliphatic carbocycles. The van der Waals surface area contributed by atoms with Crippen LogP contribution in [0.15, 0.2) is 12.3 Å². The van der Waals surface area contributed by atoms with Gasteiger partial charge in [0.2, 0.25) is 0 Å². The maximum atomic E-state index is 12.2. The Bertz CT molecular complexity index is 689. The van der Waals surface area contributed by atoms with E-state index in [2.05, 4.69) is 20.5 Å². The Morgan fingerprint density at radius 1 is 1.45 bits per heavy atom. The van der Waals surface area contributed by atoms with Crippen molar-refractivity contribution in [2.24, 2.45) is 0 Å². The van der Waals surface area contributed by atoms with Crippen LogP contribution in [0.3, 0.4) is 0 Å². The van der Waals surface area contributed by atoms with Crippen LogP contribution >= 0.6 is 0 Å². The highest BCUT2D eigenvalue weighted by Crippen LogP contribution is 2.41. The lowest BCUT2D eigenvalue weighted by Gasteiger charge is -2.14. The molecule has 0 aromatic carbocycles. The summed E-state index contributed by atoms with van der Waals surface area (Å²) < 4.78 is 0. The number of amides is 3. The van der Waals surface area contributed by atoms with Crippen molar-refractivity contribution in [2.75, 3.05) is 14.1 Å². The number of urea groups is 1. The SMILES string of the molecule is CNC(=O)N(C)C(=O)c1cnc2n[nH]c(C3CC3)c2c1. The Morgan fingerprint density at radius 3 is 2.85 bits per heavy atom. The molecule has 3 rings (SSSR count). The number of nitrogens with one attached hydrogen (secondary N) is 2. The first-order valence-electron chi connectivity index (χ1n) is 6.45. The zero-order valence-corrected chi connectivity index (χ0v) is 11.3. The monoisotopic (exact) mass is 273 g/mol. The van der Waals surface area contributed by atoms with E-state index in [0.717, 1.165) is 28.8 Å². The van der Waals surface area contributed by atoms with E-state index in [-0.39, 0.29) is 5.91 Å². The van der Waals surface area contributed by atoms with Crippen molar-refractivity contribution in [3.63, 3.8) is 0 Å². The molecule has 0 radical (unpaired) electrons. The van der Waals surface area contributed by atoms with Gasteiger partial charge in [-0.05, 0) is 18.9 Å². The molecule has 0 saturated heterocycles. The minimum Gasteiger partial charge on any atom is -0.341 e. The van der Waals surface area contributed by atoms with Crippen LogP contribution in [0.2, 0.25) is 0 Å². The molecule has 0 atom stereocenters. The average molecular weight is 273 g/mol. The molecule has 104 valence electrons. The van der Waals surface area contributed by atoms with E-state index in [1.54, 1.807) is 6.07 Å². The number of H-pyrrole nitrogens is 1. The van der Waals surface area contributed by atoms with Gasteiger partial charge in [0.1, 0.15) is 0 Å². The number of nitrogens with zero attached hydrogens (tertiary/aromatic N) is 3. The summed E-state index contributed by atoms with van der Waals surface area (Å²) in [5.74, 6) is 0.102. The molecule has 0 aliphatic heterocycles. The van der Waals surface area contributed by atoms with Crippen LogP contribution in [-0.4, -0.2) is 46.1 Å². The van der Waals surface area contributed by atoms with Crippen molar-refractivity contribution < 1.29 is 9.59 Å². The fraction of sp³-hybridized carbons (Fsp3) is 0.385. The fourth-order valence-electron chi connectivity index (χ4n) is 2.17. The standard InChI is InChI=1S/C13H15N5O2/c1-14-13(20)18(2)12(19)8-5-9-10(7-3-4-7)16-17-11(9)15-6-8/h5-7H,3-4H2,1-2H3,(H,14,20)(H,15,16,17). The van der Waals surface area contributed by atoms with Gasteiger partial charge in [0, 0.05) is 37.3 Å². The molecule has 3 amide bonds. The maximum absolute atomic E-state index is 12.2. The number of hydrogen-bond acceptors (Lipinski definition) is 4. The van der Waals surface area contributed by atoms with E-state index in [1.165, 1.54) is 20.3 Å². The molecule has 0 unspecified atom stereocenters. The molecule has 1 fully saturated rings. The first kappa shape index (κ1) is 12.6. The molecule has 0 spiro atoms. The quantitative estimate of drug-likeness (QED) is 0.861. The Balaban J connectivity index is 1.97. The molecule has 20 heavy (non-hydrogen) atoms. The molecule has 7 heteroatoms. The minimum atomic E-state index is -0.454. The van der Waals surface area contributed by atoms with Crippen molar-refractivity contribution in [1.82, 2.24) is 25.4 Å². The van der Waals surface area contributed by atoms with E-state index in [1.807, 2.05) is 0 Å². The van der Waals surface area contributed by atoms with E-state index in [4.69, 9.17) is 0 Å². The number of pyridine rings is 1. The third-order valence-corrected chi connectivity index (χ3v) is 3.49. The third kappa shape index (κ3) is 2.01. The van der Waals surface area contributed by atoms with E-state index < -0.39 is 6.03 Å². The van der Waals surface area contributed by atoms with Crippen molar-refractivity contribution in [3.05, 3.63) is 23.5 Å². The largest absolute Gasteiger partial charge is 0.341 e. The summed E-state index contributed by atoms with van der Waals surface area (Å²) in [5, 5.41) is 10.4. The Morgan fingerprint density at radius 2 is 2.20 bits per heavy atom. The summed E-state index contributed by atoms with van der Waals surface area (Å²) in [6.07, 6.45) is 3.71. The molecular weight excluding hydrogens is 258 g/mol. The van der Waals surface area contributed by atoms with Crippen molar-refractivity contribution in [2.45, 2.75) is 18.8 Å². The van der Waals surface area contributed by atoms with Crippen LogP contribution in [0.1, 0.15) is 34.8 Å². The second-order valence-electron chi connectivity index (χ2n) is 4.93. The highest BCUT2D eigenvalue weighted by molar-refractivity contribution is 6.05. The van der Waals surface area contributed by atoms with Crippen LogP contribution in [0.4, 0.5) is 4.79 Å². The lowest BCUT2D eigenvalue weighted by Crippen LogP contribution is -2.39. The summed E-state index contributed by atoms with van der Waals surface area (Å²) in [6.45, 7) is 0. The van der Waals surface area contributed by atoms with Gasteiger partial charge < -0.3 is 5.32 Å². The van der Waals surface area contributed by atoms with Crippen molar-refractivity contribution in [3.8, 4) is 0 Å². The van der Waals surface area contributed by atoms with Gasteiger partial charge in [-0.15, -0.1) is 0 Å². The summed E-state index contributed by atoms with van der Waals surface area (Å²) in [4.78, 5) is 28.9. The molecule has 7 nitrogen and oxygen atoms in total. The number of carbonyl (C=O) groups excluding carboxylic acids is 2. The van der Waals surface area contributed by atoms with Gasteiger partial charge in [0.15, 0.2) is 5.65 Å². The van der Waals surface area contributed by atoms with Gasteiger partial charge in [0.25, 0.3) is 5.91 Å². The highest BCUT2D eigenvalue weighted by atomic mass is 16.2. The topological polar surface area (TPSA) is 91.0 Å². The van der Waals surface area contributed by atoms with Crippen LogP contribution in [-0.2, 0) is 0 Å². The molecule has 1 saturated carbocycles. The summed E-state index contributed by atoms with van der Waals surface area (Å²) >= 11 is 0. The Hall–Kier alpha value is -2.44. The van der Waals surface area contributed by atoms with Gasteiger partial charge >= 0.3 is 6.03 Å². The second-order valence-corrected chi connectivity index (χ2v) is 4.93. The van der Waals surface area contributed by atoms with Gasteiger partial charge in [-0.3, -0.25) is 14.8 Å². The Labute approximate surface area is 115 Å². The average Bonchev–Trinajstić information content (AvgIpc) is 3.24. The molecule has 2 heterocycles. The third-order valence-electron chi connectivity index (χ3n) is 3.49. The number of aromatic nitrogens is 3. The molecule has 2 aromatic rings. The molecule has 2 N–H and O–H groups in total. The number of aromatic amines is 1. The van der Waals surface area contributed by atoms with E-state index >= 15 is 0 Å². The number of imide groups is 1. The lowest BCUT2D eigenvalue weighted by atomic mass is 10.1. The lowest BCUT2D eigenvalue weighted by molar-refractivity contribution is 0.0832. The van der Waals surface area contributed by atoms with Crippen molar-refractivity contribution >= 4 is 23.0 Å². The molecule has 1 aliphatic rings. The zero-order valence-electron chi connectivity index (χ0n) is 11.3. The summed E-state index contributed by atoms with van der Waals surface area (Å²) in [7, 11) is 2.91. The fourth-order valence-corrected chi connectivity index (χ4v) is 2.17. The first-order chi connectivity index (χ1) is 9.61. The zero-order chi connectivity index (χ0) is 14.3. The van der Waals surface area contributed by atoms with Crippen LogP contribution in [0.25, 0.3) is 11.0 Å². The number of carbonyl (C=O) groups is 2. The van der Waals surface area contributed by atoms with Gasteiger partial charge in [-0.1, -0.05) is 0 Å². The number of rotatable bonds is 2. The first-order valence-corrected chi connectivity index (χ1v) is 6.45. The summed E-state index contributed by atoms with van der Waals surface area (Å²) in [6, 6.07) is 1.30. The summed E-state index contributed by atoms with van der Waals surface area (Å²) in [5.41, 5.74) is 2.02. The highest BCUT2D eigenvalue weighted by Gasteiger charge is 2.28. The molecule has 0 bridgehead atoms. The van der Waals surface area contributed by atoms with Gasteiger partial charge in [-0.2, -0.15) is 5.10 Å². The van der Waals surface area contributed by atoms with Crippen molar-refractivity contribution in [1.29, 1.82) is 0 Å². The Kier molecular flexibility index (Phi) is 2.89. The van der Waals surface area contributed by atoms with Gasteiger partial charge in [0.05, 0.1) is 5.56 Å².